The van der Waals surface area contributed by atoms with E-state index < -0.39 is 12.0 Å². The molecule has 9 heteroatoms. The molecule has 0 atom stereocenters. The van der Waals surface area contributed by atoms with Crippen molar-refractivity contribution in [2.75, 3.05) is 12.8 Å². The van der Waals surface area contributed by atoms with Gasteiger partial charge in [0.15, 0.2) is 5.69 Å². The molecule has 0 aromatic carbocycles. The summed E-state index contributed by atoms with van der Waals surface area (Å²) in [6.07, 6.45) is -2.04. The maximum Gasteiger partial charge on any atom is 0.451 e. The molecule has 0 aliphatic carbocycles. The first-order valence-corrected chi connectivity index (χ1v) is 4.99. The number of hydrogen-bond acceptors (Lipinski definition) is 6. The molecule has 0 aliphatic heterocycles. The van der Waals surface area contributed by atoms with E-state index in [0.29, 0.717) is 0 Å². The Morgan fingerprint density at radius 3 is 2.47 bits per heavy atom. The summed E-state index contributed by atoms with van der Waals surface area (Å²) in [5.74, 6) is -1.60. The summed E-state index contributed by atoms with van der Waals surface area (Å²) in [4.78, 5) is 14.2. The topological polar surface area (TPSA) is 86.8 Å². The number of nitrogens with two attached hydrogens (primary N) is 1. The van der Waals surface area contributed by atoms with Gasteiger partial charge in [0.25, 0.3) is 0 Å². The molecule has 19 heavy (non-hydrogen) atoms. The molecule has 2 rings (SSSR count). The van der Waals surface area contributed by atoms with Crippen molar-refractivity contribution in [3.63, 3.8) is 0 Å². The smallest absolute Gasteiger partial charge is 0.451 e. The highest BCUT2D eigenvalue weighted by Crippen LogP contribution is 2.30. The lowest BCUT2D eigenvalue weighted by atomic mass is 10.3. The predicted octanol–water partition coefficient (Wildman–Crippen LogP) is 1.54. The third-order valence-electron chi connectivity index (χ3n) is 2.10. The molecular weight excluding hydrogens is 263 g/mol. The van der Waals surface area contributed by atoms with Crippen LogP contribution in [0.25, 0.3) is 11.4 Å². The molecule has 0 radical (unpaired) electrons. The minimum absolute atomic E-state index is 0.0497. The van der Waals surface area contributed by atoms with Crippen LogP contribution >= 0.6 is 0 Å². The van der Waals surface area contributed by atoms with Crippen LogP contribution < -0.4 is 10.5 Å². The Labute approximate surface area is 105 Å². The Morgan fingerprint density at radius 1 is 1.16 bits per heavy atom. The van der Waals surface area contributed by atoms with Gasteiger partial charge >= 0.3 is 6.18 Å². The summed E-state index contributed by atoms with van der Waals surface area (Å²) >= 11 is 0. The summed E-state index contributed by atoms with van der Waals surface area (Å²) in [6, 6.07) is 1.17. The first-order chi connectivity index (χ1) is 8.91. The van der Waals surface area contributed by atoms with Gasteiger partial charge in [-0.05, 0) is 0 Å². The second kappa shape index (κ2) is 4.67. The second-order valence-corrected chi connectivity index (χ2v) is 3.41. The number of methoxy groups -OCH3 is 1. The molecule has 0 bridgehead atoms. The first kappa shape index (κ1) is 13.0. The van der Waals surface area contributed by atoms with E-state index in [0.717, 1.165) is 0 Å². The van der Waals surface area contributed by atoms with Crippen molar-refractivity contribution >= 4 is 5.82 Å². The number of aromatic nitrogens is 4. The van der Waals surface area contributed by atoms with Crippen molar-refractivity contribution < 1.29 is 17.9 Å². The number of ether oxygens (including phenoxy) is 1. The summed E-state index contributed by atoms with van der Waals surface area (Å²) in [6.45, 7) is 0. The summed E-state index contributed by atoms with van der Waals surface area (Å²) in [5.41, 5.74) is 5.30. The van der Waals surface area contributed by atoms with Gasteiger partial charge in [-0.3, -0.25) is 0 Å². The molecule has 0 amide bonds. The molecule has 2 aromatic rings. The molecule has 2 heterocycles. The lowest BCUT2D eigenvalue weighted by molar-refractivity contribution is -0.144. The van der Waals surface area contributed by atoms with Crippen molar-refractivity contribution in [1.29, 1.82) is 0 Å². The molecular formula is C10H8F3N5O. The Bertz CT molecular complexity index is 602. The van der Waals surface area contributed by atoms with Crippen LogP contribution in [-0.2, 0) is 6.18 Å². The zero-order valence-corrected chi connectivity index (χ0v) is 9.64. The molecule has 0 saturated carbocycles. The average molecular weight is 271 g/mol. The lowest BCUT2D eigenvalue weighted by Crippen LogP contribution is -2.13. The number of rotatable bonds is 2. The first-order valence-electron chi connectivity index (χ1n) is 4.99. The van der Waals surface area contributed by atoms with E-state index in [1.807, 2.05) is 0 Å². The third kappa shape index (κ3) is 2.69. The van der Waals surface area contributed by atoms with E-state index in [1.165, 1.54) is 25.6 Å². The van der Waals surface area contributed by atoms with E-state index in [9.17, 15) is 13.2 Å². The average Bonchev–Trinajstić information content (AvgIpc) is 2.37. The monoisotopic (exact) mass is 271 g/mol. The molecule has 2 N–H and O–H groups in total. The van der Waals surface area contributed by atoms with Crippen LogP contribution in [0.5, 0.6) is 5.88 Å². The van der Waals surface area contributed by atoms with Crippen LogP contribution in [0, 0.1) is 0 Å². The normalized spacial score (nSPS) is 11.4. The Balaban J connectivity index is 2.60. The van der Waals surface area contributed by atoms with Crippen LogP contribution in [0.3, 0.4) is 0 Å². The standard InChI is InChI=1S/C10H8F3N5O/c1-19-8-7(15-2-3-16-8)5-4-6(14)18-9(17-5)10(11,12)13/h2-4H,1H3,(H2,14,17,18). The van der Waals surface area contributed by atoms with Crippen molar-refractivity contribution in [3.05, 3.63) is 24.3 Å². The van der Waals surface area contributed by atoms with Gasteiger partial charge in [-0.2, -0.15) is 13.2 Å². The van der Waals surface area contributed by atoms with Crippen molar-refractivity contribution in [3.8, 4) is 17.3 Å². The van der Waals surface area contributed by atoms with E-state index in [4.69, 9.17) is 10.5 Å². The summed E-state index contributed by atoms with van der Waals surface area (Å²) in [7, 11) is 1.32. The van der Waals surface area contributed by atoms with Crippen LogP contribution in [0.15, 0.2) is 18.5 Å². The zero-order valence-electron chi connectivity index (χ0n) is 9.64. The molecule has 6 nitrogen and oxygen atoms in total. The van der Waals surface area contributed by atoms with Crippen LogP contribution in [-0.4, -0.2) is 27.0 Å². The minimum atomic E-state index is -4.69. The maximum absolute atomic E-state index is 12.6. The minimum Gasteiger partial charge on any atom is -0.479 e. The van der Waals surface area contributed by atoms with Gasteiger partial charge in [0.1, 0.15) is 11.5 Å². The highest BCUT2D eigenvalue weighted by atomic mass is 19.4. The van der Waals surface area contributed by atoms with E-state index in [1.54, 1.807) is 0 Å². The highest BCUT2D eigenvalue weighted by Gasteiger charge is 2.35. The highest BCUT2D eigenvalue weighted by molar-refractivity contribution is 5.62. The van der Waals surface area contributed by atoms with Crippen molar-refractivity contribution in [1.82, 2.24) is 19.9 Å². The predicted molar refractivity (Wildman–Crippen MR) is 59.0 cm³/mol. The van der Waals surface area contributed by atoms with Gasteiger partial charge in [-0.25, -0.2) is 19.9 Å². The molecule has 0 aliphatic rings. The maximum atomic E-state index is 12.6. The van der Waals surface area contributed by atoms with Gasteiger partial charge in [0.05, 0.1) is 7.11 Å². The quantitative estimate of drug-likeness (QED) is 0.891. The number of hydrogen-bond donors (Lipinski definition) is 1. The van der Waals surface area contributed by atoms with Gasteiger partial charge in [0, 0.05) is 18.5 Å². The van der Waals surface area contributed by atoms with E-state index in [2.05, 4.69) is 19.9 Å². The molecule has 0 unspecified atom stereocenters. The van der Waals surface area contributed by atoms with E-state index in [-0.39, 0.29) is 23.1 Å². The van der Waals surface area contributed by atoms with Crippen LogP contribution in [0.4, 0.5) is 19.0 Å². The van der Waals surface area contributed by atoms with Crippen LogP contribution in [0.1, 0.15) is 5.82 Å². The molecule has 0 fully saturated rings. The van der Waals surface area contributed by atoms with Crippen LogP contribution in [0.2, 0.25) is 0 Å². The third-order valence-corrected chi connectivity index (χ3v) is 2.10. The fourth-order valence-corrected chi connectivity index (χ4v) is 1.36. The van der Waals surface area contributed by atoms with Gasteiger partial charge in [-0.1, -0.05) is 0 Å². The number of nitrogens with zero attached hydrogens (tertiary/aromatic N) is 4. The molecule has 100 valence electrons. The van der Waals surface area contributed by atoms with Crippen molar-refractivity contribution in [2.24, 2.45) is 0 Å². The van der Waals surface area contributed by atoms with Gasteiger partial charge in [0.2, 0.25) is 11.7 Å². The Morgan fingerprint density at radius 2 is 1.84 bits per heavy atom. The number of alkyl halides is 3. The molecule has 0 saturated heterocycles. The fraction of sp³-hybridized carbons (Fsp3) is 0.200. The fourth-order valence-electron chi connectivity index (χ4n) is 1.36. The molecule has 2 aromatic heterocycles. The second-order valence-electron chi connectivity index (χ2n) is 3.41. The van der Waals surface area contributed by atoms with Gasteiger partial charge < -0.3 is 10.5 Å². The summed E-state index contributed by atoms with van der Waals surface area (Å²) in [5, 5.41) is 0. The zero-order chi connectivity index (χ0) is 14.0. The van der Waals surface area contributed by atoms with Crippen molar-refractivity contribution in [2.45, 2.75) is 6.18 Å². The number of nitrogen functional groups attached to an aromatic ring is 1. The number of halogens is 3. The Hall–Kier alpha value is -2.45. The molecule has 0 spiro atoms. The summed E-state index contributed by atoms with van der Waals surface area (Å²) < 4.78 is 42.7. The number of anilines is 1. The Kier molecular flexibility index (Phi) is 3.19. The SMILES string of the molecule is COc1nccnc1-c1cc(N)nc(C(F)(F)F)n1. The largest absolute Gasteiger partial charge is 0.479 e. The lowest BCUT2D eigenvalue weighted by Gasteiger charge is -2.09. The van der Waals surface area contributed by atoms with Gasteiger partial charge in [-0.15, -0.1) is 0 Å². The van der Waals surface area contributed by atoms with E-state index >= 15 is 0 Å².